The van der Waals surface area contributed by atoms with E-state index in [-0.39, 0.29) is 27.1 Å². The number of hydrogen-bond donors (Lipinski definition) is 0. The van der Waals surface area contributed by atoms with Crippen LogP contribution in [0.5, 0.6) is 0 Å². The van der Waals surface area contributed by atoms with E-state index in [1.807, 2.05) is 0 Å². The average Bonchev–Trinajstić information content (AvgIpc) is 3.61. The molecule has 1 fully saturated rings. The Morgan fingerprint density at radius 2 is 0.838 bits per heavy atom. The Bertz CT molecular complexity index is 3330. The van der Waals surface area contributed by atoms with Crippen molar-refractivity contribution in [1.29, 1.82) is 0 Å². The first-order valence-corrected chi connectivity index (χ1v) is 27.8. The highest BCUT2D eigenvalue weighted by molar-refractivity contribution is 5.92. The summed E-state index contributed by atoms with van der Waals surface area (Å²) in [5, 5.41) is 0. The molecule has 0 saturated heterocycles. The Labute approximate surface area is 446 Å². The molecule has 0 aromatic heterocycles. The van der Waals surface area contributed by atoms with Crippen LogP contribution in [0.3, 0.4) is 0 Å². The zero-order chi connectivity index (χ0) is 52.5. The van der Waals surface area contributed by atoms with Gasteiger partial charge in [0.1, 0.15) is 0 Å². The van der Waals surface area contributed by atoms with Crippen molar-refractivity contribution in [2.24, 2.45) is 0 Å². The van der Waals surface area contributed by atoms with Crippen LogP contribution in [0, 0.1) is 0 Å². The molecule has 1 heteroatoms. The fourth-order valence-corrected chi connectivity index (χ4v) is 11.8. The molecule has 0 aliphatic heterocycles. The van der Waals surface area contributed by atoms with Crippen molar-refractivity contribution in [2.45, 2.75) is 162 Å². The van der Waals surface area contributed by atoms with Gasteiger partial charge in [-0.25, -0.2) is 0 Å². The van der Waals surface area contributed by atoms with Crippen LogP contribution in [-0.4, -0.2) is 0 Å². The van der Waals surface area contributed by atoms with E-state index in [4.69, 9.17) is 0 Å². The molecule has 8 aromatic rings. The first kappa shape index (κ1) is 51.1. The van der Waals surface area contributed by atoms with Crippen molar-refractivity contribution < 1.29 is 0 Å². The monoisotopic (exact) mass is 972 g/mol. The zero-order valence-electron chi connectivity index (χ0n) is 47.2. The summed E-state index contributed by atoms with van der Waals surface area (Å²) >= 11 is 0. The van der Waals surface area contributed by atoms with Crippen LogP contribution in [0.15, 0.2) is 170 Å². The van der Waals surface area contributed by atoms with Gasteiger partial charge in [-0.2, -0.15) is 0 Å². The third-order valence-corrected chi connectivity index (χ3v) is 16.6. The summed E-state index contributed by atoms with van der Waals surface area (Å²) in [4.78, 5) is 2.56. The average molecular weight is 972 g/mol. The van der Waals surface area contributed by atoms with Crippen LogP contribution in [-0.2, 0) is 27.1 Å². The van der Waals surface area contributed by atoms with E-state index in [1.165, 1.54) is 138 Å². The van der Waals surface area contributed by atoms with Gasteiger partial charge in [0, 0.05) is 22.4 Å². The maximum Gasteiger partial charge on any atom is 0.0540 e. The van der Waals surface area contributed by atoms with Crippen molar-refractivity contribution in [3.8, 4) is 55.6 Å². The molecule has 0 unspecified atom stereocenters. The smallest absolute Gasteiger partial charge is 0.0540 e. The number of anilines is 3. The van der Waals surface area contributed by atoms with Gasteiger partial charge in [0.15, 0.2) is 0 Å². The summed E-state index contributed by atoms with van der Waals surface area (Å²) in [6.07, 6.45) is 6.56. The Hall–Kier alpha value is -6.44. The van der Waals surface area contributed by atoms with Crippen molar-refractivity contribution in [3.63, 3.8) is 0 Å². The van der Waals surface area contributed by atoms with Crippen molar-refractivity contribution in [1.82, 2.24) is 0 Å². The van der Waals surface area contributed by atoms with Crippen molar-refractivity contribution in [2.75, 3.05) is 4.90 Å². The molecule has 2 aliphatic carbocycles. The van der Waals surface area contributed by atoms with Gasteiger partial charge in [0.2, 0.25) is 0 Å². The molecule has 1 saturated carbocycles. The highest BCUT2D eigenvalue weighted by atomic mass is 15.1. The zero-order valence-corrected chi connectivity index (χ0v) is 47.2. The van der Waals surface area contributed by atoms with Gasteiger partial charge in [-0.05, 0) is 166 Å². The Kier molecular flexibility index (Phi) is 13.1. The highest BCUT2D eigenvalue weighted by Gasteiger charge is 2.36. The molecular weight excluding hydrogens is 891 g/mol. The molecular formula is C73H81N. The molecule has 10 rings (SSSR count). The lowest BCUT2D eigenvalue weighted by Crippen LogP contribution is -2.18. The van der Waals surface area contributed by atoms with Gasteiger partial charge in [-0.15, -0.1) is 0 Å². The van der Waals surface area contributed by atoms with Gasteiger partial charge >= 0.3 is 0 Å². The summed E-state index contributed by atoms with van der Waals surface area (Å²) in [5.41, 5.74) is 25.6. The van der Waals surface area contributed by atoms with E-state index < -0.39 is 0 Å². The van der Waals surface area contributed by atoms with Crippen LogP contribution in [0.25, 0.3) is 55.6 Å². The maximum absolute atomic E-state index is 2.56. The minimum Gasteiger partial charge on any atom is -0.310 e. The van der Waals surface area contributed by atoms with Crippen LogP contribution in [0.4, 0.5) is 17.1 Å². The van der Waals surface area contributed by atoms with Crippen LogP contribution >= 0.6 is 0 Å². The lowest BCUT2D eigenvalue weighted by atomic mass is 9.78. The Morgan fingerprint density at radius 1 is 0.351 bits per heavy atom. The molecule has 0 heterocycles. The van der Waals surface area contributed by atoms with E-state index in [2.05, 4.69) is 272 Å². The second-order valence-corrected chi connectivity index (χ2v) is 26.7. The second-order valence-electron chi connectivity index (χ2n) is 26.7. The number of benzene rings is 8. The topological polar surface area (TPSA) is 3.24 Å². The summed E-state index contributed by atoms with van der Waals surface area (Å²) in [5.74, 6) is 0.626. The number of rotatable bonds is 8. The van der Waals surface area contributed by atoms with Gasteiger partial charge in [0.05, 0.1) is 5.69 Å². The van der Waals surface area contributed by atoms with Crippen LogP contribution in [0.1, 0.15) is 174 Å². The van der Waals surface area contributed by atoms with E-state index >= 15 is 0 Å². The fourth-order valence-electron chi connectivity index (χ4n) is 11.8. The largest absolute Gasteiger partial charge is 0.310 e. The van der Waals surface area contributed by atoms with Gasteiger partial charge in [-0.3, -0.25) is 0 Å². The number of para-hydroxylation sites is 1. The van der Waals surface area contributed by atoms with Crippen molar-refractivity contribution >= 4 is 17.1 Å². The van der Waals surface area contributed by atoms with Gasteiger partial charge < -0.3 is 4.90 Å². The Balaban J connectivity index is 1.12. The standard InChI is InChI=1S/C73H81N/c1-69(2,3)57-39-53(38-54(40-57)55-41-58(70(4,5)6)45-59(42-55)71(7,8)9)49-31-33-50(34-32-49)56-43-60(72(10,11)12)46-62(44-56)74(61-35-36-65-64-28-18-20-29-66(64)73(13,14)67(65)47-61)68-30-21-19-27-63(68)52-26-22-25-51(37-52)48-23-16-15-17-24-48/h18-22,25-48H,15-17,23-24H2,1-14H3. The highest BCUT2D eigenvalue weighted by Crippen LogP contribution is 2.52. The lowest BCUT2D eigenvalue weighted by Gasteiger charge is -2.32. The first-order valence-electron chi connectivity index (χ1n) is 27.8. The second kappa shape index (κ2) is 19.0. The molecule has 0 amide bonds. The van der Waals surface area contributed by atoms with Crippen LogP contribution in [0.2, 0.25) is 0 Å². The Morgan fingerprint density at radius 3 is 1.43 bits per heavy atom. The molecule has 0 N–H and O–H groups in total. The van der Waals surface area contributed by atoms with Crippen molar-refractivity contribution in [3.05, 3.63) is 209 Å². The fraction of sp³-hybridized carbons (Fsp3) is 0.342. The molecule has 74 heavy (non-hydrogen) atoms. The van der Waals surface area contributed by atoms with Crippen LogP contribution < -0.4 is 4.90 Å². The van der Waals surface area contributed by atoms with Gasteiger partial charge in [-0.1, -0.05) is 250 Å². The quantitative estimate of drug-likeness (QED) is 0.147. The summed E-state index contributed by atoms with van der Waals surface area (Å²) in [7, 11) is 0. The molecule has 378 valence electrons. The molecule has 0 bridgehead atoms. The van der Waals surface area contributed by atoms with Gasteiger partial charge in [0.25, 0.3) is 0 Å². The third-order valence-electron chi connectivity index (χ3n) is 16.6. The number of hydrogen-bond acceptors (Lipinski definition) is 1. The van der Waals surface area contributed by atoms with E-state index in [0.29, 0.717) is 5.92 Å². The molecule has 8 aromatic carbocycles. The predicted octanol–water partition coefficient (Wildman–Crippen LogP) is 21.4. The molecule has 1 nitrogen and oxygen atoms in total. The SMILES string of the molecule is CC(C)(C)c1cc(-c2ccc(-c3cc(N(c4ccc5c(c4)C(C)(C)c4ccccc4-5)c4ccccc4-c4cccc(C5CCCCC5)c4)cc(C(C)(C)C)c3)cc2)cc(-c2cc(C(C)(C)C)cc(C(C)(C)C)c2)c1. The molecule has 2 aliphatic rings. The van der Waals surface area contributed by atoms with E-state index in [0.717, 1.165) is 5.69 Å². The third kappa shape index (κ3) is 10.1. The normalized spacial score (nSPS) is 14.9. The summed E-state index contributed by atoms with van der Waals surface area (Å²) in [6, 6.07) is 66.2. The lowest BCUT2D eigenvalue weighted by molar-refractivity contribution is 0.444. The maximum atomic E-state index is 2.56. The minimum atomic E-state index is -0.138. The number of fused-ring (bicyclic) bond motifs is 3. The number of nitrogens with zero attached hydrogens (tertiary/aromatic N) is 1. The minimum absolute atomic E-state index is 0.0236. The molecule has 0 atom stereocenters. The first-order chi connectivity index (χ1) is 34.9. The molecule has 0 radical (unpaired) electrons. The van der Waals surface area contributed by atoms with E-state index in [9.17, 15) is 0 Å². The summed E-state index contributed by atoms with van der Waals surface area (Å²) < 4.78 is 0. The summed E-state index contributed by atoms with van der Waals surface area (Å²) in [6.45, 7) is 32.8. The molecule has 0 spiro atoms. The van der Waals surface area contributed by atoms with E-state index in [1.54, 1.807) is 0 Å². The predicted molar refractivity (Wildman–Crippen MR) is 321 cm³/mol.